The van der Waals surface area contributed by atoms with Crippen molar-refractivity contribution in [3.05, 3.63) is 29.3 Å². The van der Waals surface area contributed by atoms with Crippen molar-refractivity contribution in [3.8, 4) is 5.75 Å². The summed E-state index contributed by atoms with van der Waals surface area (Å²) >= 11 is 0. The van der Waals surface area contributed by atoms with Crippen LogP contribution < -0.4 is 0 Å². The van der Waals surface area contributed by atoms with Gasteiger partial charge in [0.25, 0.3) is 0 Å². The average molecular weight is 234 g/mol. The lowest BCUT2D eigenvalue weighted by atomic mass is 9.69. The predicted octanol–water partition coefficient (Wildman–Crippen LogP) is 2.61. The van der Waals surface area contributed by atoms with E-state index in [2.05, 4.69) is 0 Å². The number of aromatic hydroxyl groups is 1. The fourth-order valence-electron chi connectivity index (χ4n) is 2.56. The largest absolute Gasteiger partial charge is 0.508 e. The van der Waals surface area contributed by atoms with Gasteiger partial charge < -0.3 is 10.2 Å². The number of hydrogen-bond donors (Lipinski definition) is 2. The standard InChI is InChI=1S/C14H18O3/c1-14(2,13(16)17)10-7-6-9-4-3-5-12(15)11(9)8-10/h3-5,10,15H,6-8H2,1-2H3,(H,16,17). The lowest BCUT2D eigenvalue weighted by Crippen LogP contribution is -2.36. The van der Waals surface area contributed by atoms with Crippen molar-refractivity contribution in [1.29, 1.82) is 0 Å². The smallest absolute Gasteiger partial charge is 0.309 e. The number of phenols is 1. The van der Waals surface area contributed by atoms with E-state index in [1.54, 1.807) is 19.9 Å². The van der Waals surface area contributed by atoms with Gasteiger partial charge in [0.1, 0.15) is 5.75 Å². The molecule has 1 atom stereocenters. The molecule has 0 aliphatic heterocycles. The SMILES string of the molecule is CC(C)(C(=O)O)C1CCc2cccc(O)c2C1. The van der Waals surface area contributed by atoms with E-state index in [0.29, 0.717) is 12.2 Å². The zero-order valence-electron chi connectivity index (χ0n) is 10.2. The number of carboxylic acids is 1. The number of aliphatic carboxylic acids is 1. The number of rotatable bonds is 2. The second-order valence-corrected chi connectivity index (χ2v) is 5.38. The normalized spacial score (nSPS) is 19.8. The minimum absolute atomic E-state index is 0.0841. The zero-order chi connectivity index (χ0) is 12.6. The van der Waals surface area contributed by atoms with Crippen LogP contribution in [0, 0.1) is 11.3 Å². The van der Waals surface area contributed by atoms with E-state index in [9.17, 15) is 15.0 Å². The van der Waals surface area contributed by atoms with Crippen molar-refractivity contribution in [2.24, 2.45) is 11.3 Å². The van der Waals surface area contributed by atoms with Gasteiger partial charge >= 0.3 is 5.97 Å². The van der Waals surface area contributed by atoms with Gasteiger partial charge in [-0.15, -0.1) is 0 Å². The molecule has 0 spiro atoms. The summed E-state index contributed by atoms with van der Waals surface area (Å²) in [6.45, 7) is 3.54. The maximum Gasteiger partial charge on any atom is 0.309 e. The quantitative estimate of drug-likeness (QED) is 0.827. The molecule has 2 rings (SSSR count). The molecule has 0 bridgehead atoms. The fourth-order valence-corrected chi connectivity index (χ4v) is 2.56. The van der Waals surface area contributed by atoms with Crippen LogP contribution in [0.15, 0.2) is 18.2 Å². The van der Waals surface area contributed by atoms with Crippen LogP contribution in [0.2, 0.25) is 0 Å². The highest BCUT2D eigenvalue weighted by Gasteiger charge is 2.38. The third kappa shape index (κ3) is 2.02. The fraction of sp³-hybridized carbons (Fsp3) is 0.500. The minimum Gasteiger partial charge on any atom is -0.508 e. The molecule has 3 nitrogen and oxygen atoms in total. The Kier molecular flexibility index (Phi) is 2.86. The van der Waals surface area contributed by atoms with Crippen molar-refractivity contribution in [3.63, 3.8) is 0 Å². The number of aryl methyl sites for hydroxylation is 1. The Morgan fingerprint density at radius 3 is 2.76 bits per heavy atom. The summed E-state index contributed by atoms with van der Waals surface area (Å²) in [7, 11) is 0. The molecule has 1 aliphatic carbocycles. The number of hydrogen-bond acceptors (Lipinski definition) is 2. The van der Waals surface area contributed by atoms with E-state index in [-0.39, 0.29) is 5.92 Å². The first-order valence-electron chi connectivity index (χ1n) is 5.96. The predicted molar refractivity (Wildman–Crippen MR) is 65.0 cm³/mol. The molecular weight excluding hydrogens is 216 g/mol. The van der Waals surface area contributed by atoms with Crippen molar-refractivity contribution in [2.45, 2.75) is 33.1 Å². The molecule has 3 heteroatoms. The van der Waals surface area contributed by atoms with Gasteiger partial charge in [-0.2, -0.15) is 0 Å². The number of phenolic OH excluding ortho intramolecular Hbond substituents is 1. The van der Waals surface area contributed by atoms with Crippen LogP contribution in [-0.2, 0) is 17.6 Å². The number of carboxylic acid groups (broad SMARTS) is 1. The first kappa shape index (κ1) is 12.0. The molecule has 0 amide bonds. The minimum atomic E-state index is -0.763. The Hall–Kier alpha value is -1.51. The molecule has 2 N–H and O–H groups in total. The highest BCUT2D eigenvalue weighted by Crippen LogP contribution is 2.40. The Morgan fingerprint density at radius 2 is 2.12 bits per heavy atom. The number of fused-ring (bicyclic) bond motifs is 1. The molecule has 1 aliphatic rings. The Bertz CT molecular complexity index is 449. The molecule has 0 aromatic heterocycles. The summed E-state index contributed by atoms with van der Waals surface area (Å²) in [6.07, 6.45) is 2.38. The van der Waals surface area contributed by atoms with E-state index in [1.807, 2.05) is 12.1 Å². The van der Waals surface area contributed by atoms with Crippen LogP contribution in [-0.4, -0.2) is 16.2 Å². The molecule has 0 saturated heterocycles. The Labute approximate surface area is 101 Å². The topological polar surface area (TPSA) is 57.5 Å². The highest BCUT2D eigenvalue weighted by atomic mass is 16.4. The zero-order valence-corrected chi connectivity index (χ0v) is 10.2. The van der Waals surface area contributed by atoms with Crippen LogP contribution in [0.3, 0.4) is 0 Å². The van der Waals surface area contributed by atoms with Gasteiger partial charge in [0.05, 0.1) is 5.41 Å². The van der Waals surface area contributed by atoms with E-state index in [4.69, 9.17) is 0 Å². The van der Waals surface area contributed by atoms with E-state index in [1.165, 1.54) is 0 Å². The van der Waals surface area contributed by atoms with Gasteiger partial charge in [0.2, 0.25) is 0 Å². The number of carbonyl (C=O) groups is 1. The molecule has 1 aromatic rings. The monoisotopic (exact) mass is 234 g/mol. The van der Waals surface area contributed by atoms with Gasteiger partial charge in [0.15, 0.2) is 0 Å². The van der Waals surface area contributed by atoms with Gasteiger partial charge in [-0.1, -0.05) is 12.1 Å². The molecule has 0 saturated carbocycles. The van der Waals surface area contributed by atoms with E-state index >= 15 is 0 Å². The average Bonchev–Trinajstić information content (AvgIpc) is 2.29. The summed E-state index contributed by atoms with van der Waals surface area (Å²) in [5.41, 5.74) is 1.35. The van der Waals surface area contributed by atoms with E-state index < -0.39 is 11.4 Å². The maximum absolute atomic E-state index is 11.3. The third-order valence-corrected chi connectivity index (χ3v) is 4.03. The highest BCUT2D eigenvalue weighted by molar-refractivity contribution is 5.74. The van der Waals surface area contributed by atoms with Crippen molar-refractivity contribution >= 4 is 5.97 Å². The first-order chi connectivity index (χ1) is 7.93. The van der Waals surface area contributed by atoms with Crippen LogP contribution in [0.1, 0.15) is 31.4 Å². The second kappa shape index (κ2) is 4.06. The summed E-state index contributed by atoms with van der Waals surface area (Å²) in [4.78, 5) is 11.3. The molecule has 92 valence electrons. The van der Waals surface area contributed by atoms with Crippen molar-refractivity contribution < 1.29 is 15.0 Å². The Morgan fingerprint density at radius 1 is 1.41 bits per heavy atom. The van der Waals surface area contributed by atoms with Gasteiger partial charge in [-0.3, -0.25) is 4.79 Å². The van der Waals surface area contributed by atoms with Crippen molar-refractivity contribution in [1.82, 2.24) is 0 Å². The molecule has 1 aromatic carbocycles. The Balaban J connectivity index is 2.30. The molecule has 1 unspecified atom stereocenters. The van der Waals surface area contributed by atoms with Gasteiger partial charge in [-0.05, 0) is 56.2 Å². The van der Waals surface area contributed by atoms with Crippen LogP contribution in [0.5, 0.6) is 5.75 Å². The second-order valence-electron chi connectivity index (χ2n) is 5.38. The maximum atomic E-state index is 11.3. The summed E-state index contributed by atoms with van der Waals surface area (Å²) in [5.74, 6) is -0.379. The van der Waals surface area contributed by atoms with Crippen LogP contribution in [0.4, 0.5) is 0 Å². The lowest BCUT2D eigenvalue weighted by molar-refractivity contribution is -0.150. The molecule has 0 radical (unpaired) electrons. The van der Waals surface area contributed by atoms with Crippen LogP contribution in [0.25, 0.3) is 0 Å². The lowest BCUT2D eigenvalue weighted by Gasteiger charge is -2.34. The molecule has 0 fully saturated rings. The molecule has 0 heterocycles. The summed E-state index contributed by atoms with van der Waals surface area (Å²) in [6, 6.07) is 5.53. The van der Waals surface area contributed by atoms with Gasteiger partial charge in [-0.25, -0.2) is 0 Å². The first-order valence-corrected chi connectivity index (χ1v) is 5.96. The van der Waals surface area contributed by atoms with Crippen LogP contribution >= 0.6 is 0 Å². The number of benzene rings is 1. The third-order valence-electron chi connectivity index (χ3n) is 4.03. The van der Waals surface area contributed by atoms with Gasteiger partial charge in [0, 0.05) is 0 Å². The van der Waals surface area contributed by atoms with Crippen molar-refractivity contribution in [2.75, 3.05) is 0 Å². The molecule has 17 heavy (non-hydrogen) atoms. The van der Waals surface area contributed by atoms with E-state index in [0.717, 1.165) is 24.0 Å². The molecular formula is C14H18O3. The summed E-state index contributed by atoms with van der Waals surface area (Å²) in [5, 5.41) is 19.1. The summed E-state index contributed by atoms with van der Waals surface area (Å²) < 4.78 is 0.